The normalized spacial score (nSPS) is 12.3. The maximum absolute atomic E-state index is 13.1. The molecule has 0 bridgehead atoms. The van der Waals surface area contributed by atoms with Crippen molar-refractivity contribution in [3.8, 4) is 5.75 Å². The molecule has 0 saturated carbocycles. The zero-order valence-electron chi connectivity index (χ0n) is 19.9. The van der Waals surface area contributed by atoms with Crippen LogP contribution in [0, 0.1) is 0 Å². The quantitative estimate of drug-likeness (QED) is 0.113. The number of benzene rings is 2. The van der Waals surface area contributed by atoms with Crippen LogP contribution in [0.2, 0.25) is 0 Å². The van der Waals surface area contributed by atoms with Crippen molar-refractivity contribution in [1.29, 1.82) is 0 Å². The molecule has 0 fully saturated rings. The van der Waals surface area contributed by atoms with Crippen molar-refractivity contribution in [3.63, 3.8) is 0 Å². The van der Waals surface area contributed by atoms with Gasteiger partial charge in [-0.1, -0.05) is 24.3 Å². The number of ether oxygens (including phenoxy) is 1. The molecule has 12 N–H and O–H groups in total. The van der Waals surface area contributed by atoms with Gasteiger partial charge in [-0.15, -0.1) is 0 Å². The highest BCUT2D eigenvalue weighted by molar-refractivity contribution is 6.00. The van der Waals surface area contributed by atoms with Gasteiger partial charge in [0.2, 0.25) is 11.8 Å². The molecule has 0 aliphatic heterocycles. The Hall–Kier alpha value is -4.06. The van der Waals surface area contributed by atoms with Crippen LogP contribution in [0.15, 0.2) is 46.4 Å². The van der Waals surface area contributed by atoms with E-state index in [1.165, 1.54) is 0 Å². The first-order valence-corrected chi connectivity index (χ1v) is 11.3. The Morgan fingerprint density at radius 1 is 0.943 bits per heavy atom. The number of nitrogens with zero attached hydrogens (tertiary/aromatic N) is 2. The summed E-state index contributed by atoms with van der Waals surface area (Å²) in [4.78, 5) is 33.6. The molecular formula is C23H35N9O3. The maximum Gasteiger partial charge on any atom is 0.246 e. The Balaban J connectivity index is 2.11. The van der Waals surface area contributed by atoms with Gasteiger partial charge in [-0.2, -0.15) is 0 Å². The molecule has 0 radical (unpaired) electrons. The minimum absolute atomic E-state index is 0.0224. The summed E-state index contributed by atoms with van der Waals surface area (Å²) in [5.74, 6) is -0.289. The fraction of sp³-hybridized carbons (Fsp3) is 0.391. The molecule has 0 heterocycles. The maximum atomic E-state index is 13.1. The molecule has 0 aliphatic carbocycles. The second kappa shape index (κ2) is 13.6. The lowest BCUT2D eigenvalue weighted by Gasteiger charge is -2.21. The second-order valence-electron chi connectivity index (χ2n) is 7.95. The Labute approximate surface area is 204 Å². The van der Waals surface area contributed by atoms with E-state index in [1.807, 2.05) is 30.3 Å². The van der Waals surface area contributed by atoms with E-state index in [0.717, 1.165) is 10.8 Å². The molecule has 12 heteroatoms. The summed E-state index contributed by atoms with van der Waals surface area (Å²) in [7, 11) is 1.56. The Kier molecular flexibility index (Phi) is 10.6. The number of rotatable bonds is 13. The van der Waals surface area contributed by atoms with Crippen LogP contribution in [0.3, 0.4) is 0 Å². The zero-order valence-corrected chi connectivity index (χ0v) is 19.9. The van der Waals surface area contributed by atoms with E-state index in [2.05, 4.69) is 20.6 Å². The highest BCUT2D eigenvalue weighted by Crippen LogP contribution is 2.29. The van der Waals surface area contributed by atoms with E-state index >= 15 is 0 Å². The molecule has 0 saturated heterocycles. The third-order valence-corrected chi connectivity index (χ3v) is 5.19. The van der Waals surface area contributed by atoms with Crippen molar-refractivity contribution in [1.82, 2.24) is 5.32 Å². The number of nitrogens with one attached hydrogen (secondary N) is 2. The molecule has 2 rings (SSSR count). The predicted octanol–water partition coefficient (Wildman–Crippen LogP) is -0.294. The number of hydrogen-bond donors (Lipinski definition) is 7. The van der Waals surface area contributed by atoms with Gasteiger partial charge in [0.15, 0.2) is 11.9 Å². The molecule has 2 amide bonds. The first-order chi connectivity index (χ1) is 16.7. The van der Waals surface area contributed by atoms with Crippen LogP contribution >= 0.6 is 0 Å². The molecule has 0 aliphatic rings. The number of carbonyl (C=O) groups excluding carboxylic acids is 2. The Bertz CT molecular complexity index is 1060. The second-order valence-corrected chi connectivity index (χ2v) is 7.95. The molecule has 12 nitrogen and oxygen atoms in total. The first kappa shape index (κ1) is 27.2. The summed E-state index contributed by atoms with van der Waals surface area (Å²) >= 11 is 0. The number of fused-ring (bicyclic) bond motifs is 1. The highest BCUT2D eigenvalue weighted by Gasteiger charge is 2.24. The molecule has 35 heavy (non-hydrogen) atoms. The van der Waals surface area contributed by atoms with Gasteiger partial charge in [0.25, 0.3) is 0 Å². The summed E-state index contributed by atoms with van der Waals surface area (Å²) < 4.78 is 5.47. The van der Waals surface area contributed by atoms with E-state index in [9.17, 15) is 9.59 Å². The standard InChI is InChI=1S/C23H35N9O3/c1-35-19-13-15(12-14-6-2-3-7-16(14)19)31-21(34)18(9-5-11-30-23(27)28)32-20(33)17(24)8-4-10-29-22(25)26/h2-3,6-7,12-13,17-18H,4-5,8-11,24H2,1H3,(H,31,34)(H,32,33)(H4,25,26,29)(H4,27,28,30)/t17-,18+/m1/s1. The molecule has 2 aromatic carbocycles. The third-order valence-electron chi connectivity index (χ3n) is 5.19. The predicted molar refractivity (Wildman–Crippen MR) is 139 cm³/mol. The van der Waals surface area contributed by atoms with Crippen molar-refractivity contribution in [3.05, 3.63) is 36.4 Å². The van der Waals surface area contributed by atoms with Gasteiger partial charge in [0.1, 0.15) is 11.8 Å². The number of hydrogen-bond acceptors (Lipinski definition) is 6. The number of methoxy groups -OCH3 is 1. The van der Waals surface area contributed by atoms with Gasteiger partial charge in [0, 0.05) is 30.2 Å². The van der Waals surface area contributed by atoms with Gasteiger partial charge in [-0.3, -0.25) is 19.6 Å². The van der Waals surface area contributed by atoms with Crippen molar-refractivity contribution in [2.75, 3.05) is 25.5 Å². The van der Waals surface area contributed by atoms with Crippen molar-refractivity contribution in [2.45, 2.75) is 37.8 Å². The first-order valence-electron chi connectivity index (χ1n) is 11.3. The molecule has 190 valence electrons. The SMILES string of the molecule is COc1cc(NC(=O)[C@H](CCCN=C(N)N)NC(=O)[C@H](N)CCCN=C(N)N)cc2ccccc12. The molecule has 0 aromatic heterocycles. The van der Waals surface area contributed by atoms with Crippen molar-refractivity contribution in [2.24, 2.45) is 38.7 Å². The highest BCUT2D eigenvalue weighted by atomic mass is 16.5. The topological polar surface area (TPSA) is 222 Å². The van der Waals surface area contributed by atoms with Gasteiger partial charge >= 0.3 is 0 Å². The van der Waals surface area contributed by atoms with Crippen LogP contribution < -0.4 is 44.0 Å². The fourth-order valence-electron chi connectivity index (χ4n) is 3.45. The monoisotopic (exact) mass is 485 g/mol. The van der Waals surface area contributed by atoms with Crippen LogP contribution in [0.4, 0.5) is 5.69 Å². The Morgan fingerprint density at radius 2 is 1.57 bits per heavy atom. The summed E-state index contributed by atoms with van der Waals surface area (Å²) in [5.41, 5.74) is 27.9. The Morgan fingerprint density at radius 3 is 2.20 bits per heavy atom. The third kappa shape index (κ3) is 9.01. The lowest BCUT2D eigenvalue weighted by molar-refractivity contribution is -0.127. The van der Waals surface area contributed by atoms with Gasteiger partial charge in [-0.05, 0) is 37.1 Å². The summed E-state index contributed by atoms with van der Waals surface area (Å²) in [6.07, 6.45) is 1.65. The molecule has 2 atom stereocenters. The van der Waals surface area contributed by atoms with E-state index in [0.29, 0.717) is 50.2 Å². The van der Waals surface area contributed by atoms with Crippen LogP contribution in [-0.4, -0.2) is 56.0 Å². The average Bonchev–Trinajstić information content (AvgIpc) is 2.82. The minimum atomic E-state index is -0.849. The van der Waals surface area contributed by atoms with Crippen LogP contribution in [0.25, 0.3) is 10.8 Å². The average molecular weight is 486 g/mol. The van der Waals surface area contributed by atoms with E-state index < -0.39 is 23.9 Å². The number of anilines is 1. The summed E-state index contributed by atoms with van der Waals surface area (Å²) in [6, 6.07) is 9.55. The molecular weight excluding hydrogens is 450 g/mol. The van der Waals surface area contributed by atoms with Crippen molar-refractivity contribution >= 4 is 40.2 Å². The number of nitrogens with two attached hydrogens (primary N) is 5. The van der Waals surface area contributed by atoms with Gasteiger partial charge in [-0.25, -0.2) is 0 Å². The fourth-order valence-corrected chi connectivity index (χ4v) is 3.45. The number of aliphatic imine (C=N–C) groups is 2. The molecule has 0 unspecified atom stereocenters. The van der Waals surface area contributed by atoms with Gasteiger partial charge in [0.05, 0.1) is 13.2 Å². The summed E-state index contributed by atoms with van der Waals surface area (Å²) in [5, 5.41) is 7.42. The van der Waals surface area contributed by atoms with Crippen LogP contribution in [0.1, 0.15) is 25.7 Å². The van der Waals surface area contributed by atoms with E-state index in [4.69, 9.17) is 33.4 Å². The number of guanidine groups is 2. The van der Waals surface area contributed by atoms with E-state index in [-0.39, 0.29) is 11.9 Å². The zero-order chi connectivity index (χ0) is 25.8. The summed E-state index contributed by atoms with van der Waals surface area (Å²) in [6.45, 7) is 0.673. The smallest absolute Gasteiger partial charge is 0.246 e. The number of carbonyl (C=O) groups is 2. The van der Waals surface area contributed by atoms with Gasteiger partial charge < -0.3 is 44.0 Å². The number of amides is 2. The molecule has 0 spiro atoms. The van der Waals surface area contributed by atoms with Crippen LogP contribution in [-0.2, 0) is 9.59 Å². The lowest BCUT2D eigenvalue weighted by Crippen LogP contribution is -2.50. The van der Waals surface area contributed by atoms with E-state index in [1.54, 1.807) is 13.2 Å². The minimum Gasteiger partial charge on any atom is -0.496 e. The lowest BCUT2D eigenvalue weighted by atomic mass is 10.1. The van der Waals surface area contributed by atoms with Crippen molar-refractivity contribution < 1.29 is 14.3 Å². The molecule has 2 aromatic rings. The van der Waals surface area contributed by atoms with Crippen LogP contribution in [0.5, 0.6) is 5.75 Å². The largest absolute Gasteiger partial charge is 0.496 e.